The fourth-order valence-corrected chi connectivity index (χ4v) is 2.17. The molecule has 2 atom stereocenters. The highest BCUT2D eigenvalue weighted by Crippen LogP contribution is 2.18. The summed E-state index contributed by atoms with van der Waals surface area (Å²) >= 11 is 0. The van der Waals surface area contributed by atoms with Crippen molar-refractivity contribution in [3.8, 4) is 0 Å². The van der Waals surface area contributed by atoms with Crippen LogP contribution in [0.3, 0.4) is 0 Å². The van der Waals surface area contributed by atoms with Gasteiger partial charge in [-0.1, -0.05) is 29.8 Å². The van der Waals surface area contributed by atoms with E-state index in [0.29, 0.717) is 5.92 Å². The summed E-state index contributed by atoms with van der Waals surface area (Å²) in [4.78, 5) is 0. The van der Waals surface area contributed by atoms with Crippen molar-refractivity contribution in [2.24, 2.45) is 11.7 Å². The minimum absolute atomic E-state index is 0.245. The van der Waals surface area contributed by atoms with Gasteiger partial charge in [-0.3, -0.25) is 0 Å². The Morgan fingerprint density at radius 2 is 2.40 bits per heavy atom. The average molecular weight is 205 g/mol. The van der Waals surface area contributed by atoms with E-state index in [1.165, 1.54) is 11.1 Å². The molecule has 2 unspecified atom stereocenters. The molecule has 1 aromatic carbocycles. The number of aryl methyl sites for hydroxylation is 1. The maximum absolute atomic E-state index is 6.18. The summed E-state index contributed by atoms with van der Waals surface area (Å²) in [6.07, 6.45) is 2.09. The van der Waals surface area contributed by atoms with Crippen LogP contribution >= 0.6 is 0 Å². The van der Waals surface area contributed by atoms with Crippen molar-refractivity contribution in [2.75, 3.05) is 13.2 Å². The van der Waals surface area contributed by atoms with Gasteiger partial charge in [0.1, 0.15) is 0 Å². The first-order valence-electron chi connectivity index (χ1n) is 5.64. The highest BCUT2D eigenvalue weighted by atomic mass is 16.5. The van der Waals surface area contributed by atoms with Crippen molar-refractivity contribution >= 4 is 0 Å². The Kier molecular flexibility index (Phi) is 3.39. The molecule has 15 heavy (non-hydrogen) atoms. The number of hydrogen-bond donors (Lipinski definition) is 1. The Bertz CT molecular complexity index is 318. The molecule has 0 bridgehead atoms. The van der Waals surface area contributed by atoms with Crippen molar-refractivity contribution in [3.63, 3.8) is 0 Å². The van der Waals surface area contributed by atoms with Crippen LogP contribution in [0.5, 0.6) is 0 Å². The number of hydrogen-bond acceptors (Lipinski definition) is 2. The predicted octanol–water partition coefficient (Wildman–Crippen LogP) is 1.90. The van der Waals surface area contributed by atoms with E-state index in [9.17, 15) is 0 Å². The second-order valence-corrected chi connectivity index (χ2v) is 4.48. The van der Waals surface area contributed by atoms with Crippen LogP contribution in [-0.4, -0.2) is 19.3 Å². The molecule has 2 nitrogen and oxygen atoms in total. The van der Waals surface area contributed by atoms with E-state index in [2.05, 4.69) is 31.2 Å². The number of rotatable bonds is 3. The van der Waals surface area contributed by atoms with Gasteiger partial charge in [0.15, 0.2) is 0 Å². The van der Waals surface area contributed by atoms with Gasteiger partial charge < -0.3 is 10.5 Å². The molecule has 0 radical (unpaired) electrons. The van der Waals surface area contributed by atoms with Gasteiger partial charge in [-0.15, -0.1) is 0 Å². The first-order chi connectivity index (χ1) is 7.25. The highest BCUT2D eigenvalue weighted by molar-refractivity contribution is 5.23. The van der Waals surface area contributed by atoms with Gasteiger partial charge in [-0.25, -0.2) is 0 Å². The molecule has 1 saturated heterocycles. The molecule has 1 aromatic rings. The monoisotopic (exact) mass is 205 g/mol. The van der Waals surface area contributed by atoms with E-state index >= 15 is 0 Å². The van der Waals surface area contributed by atoms with Crippen LogP contribution in [-0.2, 0) is 11.2 Å². The third-order valence-corrected chi connectivity index (χ3v) is 3.12. The first kappa shape index (κ1) is 10.7. The van der Waals surface area contributed by atoms with Crippen LogP contribution in [0, 0.1) is 12.8 Å². The largest absolute Gasteiger partial charge is 0.381 e. The van der Waals surface area contributed by atoms with Crippen LogP contribution in [0.2, 0.25) is 0 Å². The SMILES string of the molecule is Cc1cccc(CC(N)C2CCOC2)c1. The summed E-state index contributed by atoms with van der Waals surface area (Å²) in [5, 5.41) is 0. The lowest BCUT2D eigenvalue weighted by Crippen LogP contribution is -2.32. The van der Waals surface area contributed by atoms with Crippen LogP contribution < -0.4 is 5.73 Å². The van der Waals surface area contributed by atoms with Crippen LogP contribution in [0.1, 0.15) is 17.5 Å². The predicted molar refractivity (Wildman–Crippen MR) is 61.8 cm³/mol. The highest BCUT2D eigenvalue weighted by Gasteiger charge is 2.22. The molecule has 2 N–H and O–H groups in total. The minimum Gasteiger partial charge on any atom is -0.381 e. The second-order valence-electron chi connectivity index (χ2n) is 4.48. The zero-order valence-corrected chi connectivity index (χ0v) is 9.28. The Hall–Kier alpha value is -0.860. The molecule has 0 aliphatic carbocycles. The summed E-state index contributed by atoms with van der Waals surface area (Å²) in [5.41, 5.74) is 8.83. The van der Waals surface area contributed by atoms with Gasteiger partial charge in [0.05, 0.1) is 6.61 Å². The molecule has 2 heteroatoms. The fraction of sp³-hybridized carbons (Fsp3) is 0.538. The minimum atomic E-state index is 0.245. The molecule has 1 fully saturated rings. The Balaban J connectivity index is 1.95. The standard InChI is InChI=1S/C13H19NO/c1-10-3-2-4-11(7-10)8-13(14)12-5-6-15-9-12/h2-4,7,12-13H,5-6,8-9,14H2,1H3. The summed E-state index contributed by atoms with van der Waals surface area (Å²) in [7, 11) is 0. The van der Waals surface area contributed by atoms with Gasteiger partial charge >= 0.3 is 0 Å². The summed E-state index contributed by atoms with van der Waals surface area (Å²) in [6, 6.07) is 8.84. The molecular formula is C13H19NO. The summed E-state index contributed by atoms with van der Waals surface area (Å²) < 4.78 is 5.36. The second kappa shape index (κ2) is 4.77. The zero-order chi connectivity index (χ0) is 10.7. The molecule has 1 aliphatic heterocycles. The lowest BCUT2D eigenvalue weighted by atomic mass is 9.93. The van der Waals surface area contributed by atoms with Crippen molar-refractivity contribution in [2.45, 2.75) is 25.8 Å². The Labute approximate surface area is 91.4 Å². The maximum atomic E-state index is 6.18. The topological polar surface area (TPSA) is 35.2 Å². The normalized spacial score (nSPS) is 22.9. The van der Waals surface area contributed by atoms with E-state index in [1.54, 1.807) is 0 Å². The van der Waals surface area contributed by atoms with Gasteiger partial charge in [-0.2, -0.15) is 0 Å². The average Bonchev–Trinajstić information content (AvgIpc) is 2.70. The molecular weight excluding hydrogens is 186 g/mol. The van der Waals surface area contributed by atoms with Crippen LogP contribution in [0.15, 0.2) is 24.3 Å². The lowest BCUT2D eigenvalue weighted by Gasteiger charge is -2.17. The molecule has 0 aromatic heterocycles. The smallest absolute Gasteiger partial charge is 0.0510 e. The quantitative estimate of drug-likeness (QED) is 0.818. The zero-order valence-electron chi connectivity index (χ0n) is 9.28. The van der Waals surface area contributed by atoms with E-state index in [0.717, 1.165) is 26.1 Å². The number of benzene rings is 1. The first-order valence-corrected chi connectivity index (χ1v) is 5.64. The van der Waals surface area contributed by atoms with Gasteiger partial charge in [0.25, 0.3) is 0 Å². The van der Waals surface area contributed by atoms with Crippen molar-refractivity contribution < 1.29 is 4.74 Å². The molecule has 1 aliphatic rings. The third kappa shape index (κ3) is 2.80. The van der Waals surface area contributed by atoms with E-state index in [-0.39, 0.29) is 6.04 Å². The lowest BCUT2D eigenvalue weighted by molar-refractivity contribution is 0.180. The Morgan fingerprint density at radius 1 is 1.53 bits per heavy atom. The van der Waals surface area contributed by atoms with Gasteiger partial charge in [0.2, 0.25) is 0 Å². The number of ether oxygens (including phenoxy) is 1. The number of nitrogens with two attached hydrogens (primary N) is 1. The Morgan fingerprint density at radius 3 is 3.07 bits per heavy atom. The molecule has 0 spiro atoms. The van der Waals surface area contributed by atoms with E-state index < -0.39 is 0 Å². The molecule has 82 valence electrons. The summed E-state index contributed by atoms with van der Waals surface area (Å²) in [6.45, 7) is 3.84. The van der Waals surface area contributed by atoms with E-state index in [1.807, 2.05) is 0 Å². The summed E-state index contributed by atoms with van der Waals surface area (Å²) in [5.74, 6) is 0.547. The third-order valence-electron chi connectivity index (χ3n) is 3.12. The molecule has 2 rings (SSSR count). The fourth-order valence-electron chi connectivity index (χ4n) is 2.17. The van der Waals surface area contributed by atoms with E-state index in [4.69, 9.17) is 10.5 Å². The molecule has 0 amide bonds. The maximum Gasteiger partial charge on any atom is 0.0510 e. The van der Waals surface area contributed by atoms with Crippen molar-refractivity contribution in [1.82, 2.24) is 0 Å². The van der Waals surface area contributed by atoms with Gasteiger partial charge in [0, 0.05) is 12.6 Å². The van der Waals surface area contributed by atoms with Crippen molar-refractivity contribution in [3.05, 3.63) is 35.4 Å². The van der Waals surface area contributed by atoms with Crippen LogP contribution in [0.4, 0.5) is 0 Å². The van der Waals surface area contributed by atoms with Gasteiger partial charge in [-0.05, 0) is 31.2 Å². The van der Waals surface area contributed by atoms with Crippen molar-refractivity contribution in [1.29, 1.82) is 0 Å². The molecule has 0 saturated carbocycles. The molecule has 1 heterocycles. The van der Waals surface area contributed by atoms with Crippen LogP contribution in [0.25, 0.3) is 0 Å².